The van der Waals surface area contributed by atoms with Crippen molar-refractivity contribution in [1.82, 2.24) is 0 Å². The van der Waals surface area contributed by atoms with E-state index in [1.165, 1.54) is 0 Å². The second-order valence-corrected chi connectivity index (χ2v) is 3.41. The van der Waals surface area contributed by atoms with Crippen LogP contribution in [0.1, 0.15) is 11.9 Å². The smallest absolute Gasteiger partial charge is 0.296 e. The number of hydrogen-bond acceptors (Lipinski definition) is 3. The average molecular weight is 228 g/mol. The molecule has 17 heavy (non-hydrogen) atoms. The zero-order valence-corrected chi connectivity index (χ0v) is 9.15. The Morgan fingerprint density at radius 1 is 0.882 bits per heavy atom. The Labute approximate surface area is 99.6 Å². The Balaban J connectivity index is 2.16. The minimum atomic E-state index is -0.712. The number of carbonyl (C=O) groups is 1. The van der Waals surface area contributed by atoms with E-state index in [4.69, 9.17) is 9.47 Å². The van der Waals surface area contributed by atoms with Gasteiger partial charge in [-0.3, -0.25) is 4.79 Å². The summed E-state index contributed by atoms with van der Waals surface area (Å²) in [5.41, 5.74) is 0.795. The summed E-state index contributed by atoms with van der Waals surface area (Å²) in [5.74, 6) is 0.656. The number of para-hydroxylation sites is 1. The summed E-state index contributed by atoms with van der Waals surface area (Å²) in [7, 11) is 0. The fraction of sp³-hybridized carbons (Fsp3) is 0.0714. The van der Waals surface area contributed by atoms with Crippen molar-refractivity contribution in [1.29, 1.82) is 0 Å². The van der Waals surface area contributed by atoms with E-state index in [2.05, 4.69) is 0 Å². The molecule has 0 saturated heterocycles. The summed E-state index contributed by atoms with van der Waals surface area (Å²) in [5, 5.41) is 0. The van der Waals surface area contributed by atoms with Crippen LogP contribution >= 0.6 is 0 Å². The maximum Gasteiger partial charge on any atom is 0.296 e. The van der Waals surface area contributed by atoms with E-state index in [1.54, 1.807) is 0 Å². The van der Waals surface area contributed by atoms with Crippen molar-refractivity contribution in [3.05, 3.63) is 66.2 Å². The largest absolute Gasteiger partial charge is 0.450 e. The van der Waals surface area contributed by atoms with E-state index in [-0.39, 0.29) is 0 Å². The van der Waals surface area contributed by atoms with Gasteiger partial charge in [-0.1, -0.05) is 48.5 Å². The Hall–Kier alpha value is -2.29. The lowest BCUT2D eigenvalue weighted by atomic mass is 10.2. The van der Waals surface area contributed by atoms with Gasteiger partial charge in [0.15, 0.2) is 0 Å². The summed E-state index contributed by atoms with van der Waals surface area (Å²) in [4.78, 5) is 10.5. The van der Waals surface area contributed by atoms with Crippen LogP contribution in [-0.2, 0) is 9.53 Å². The Morgan fingerprint density at radius 3 is 2.06 bits per heavy atom. The van der Waals surface area contributed by atoms with E-state index in [9.17, 15) is 4.79 Å². The highest BCUT2D eigenvalue weighted by molar-refractivity contribution is 5.38. The van der Waals surface area contributed by atoms with E-state index in [0.717, 1.165) is 5.56 Å². The van der Waals surface area contributed by atoms with Gasteiger partial charge in [-0.05, 0) is 12.1 Å². The molecule has 2 rings (SSSR count). The van der Waals surface area contributed by atoms with Crippen LogP contribution in [0.3, 0.4) is 0 Å². The highest BCUT2D eigenvalue weighted by Crippen LogP contribution is 2.21. The summed E-state index contributed by atoms with van der Waals surface area (Å²) < 4.78 is 10.5. The molecule has 2 aromatic rings. The van der Waals surface area contributed by atoms with Crippen LogP contribution in [0.15, 0.2) is 60.7 Å². The third-order valence-electron chi connectivity index (χ3n) is 2.24. The van der Waals surface area contributed by atoms with Gasteiger partial charge >= 0.3 is 0 Å². The Bertz CT molecular complexity index is 453. The number of hydrogen-bond donors (Lipinski definition) is 0. The standard InChI is InChI=1S/C14H12O3/c15-11-16-14(12-7-3-1-4-8-12)17-13-9-5-2-6-10-13/h1-11,14H. The van der Waals surface area contributed by atoms with Crippen LogP contribution in [0, 0.1) is 0 Å². The van der Waals surface area contributed by atoms with Crippen molar-refractivity contribution in [2.75, 3.05) is 0 Å². The zero-order valence-electron chi connectivity index (χ0n) is 9.15. The molecule has 86 valence electrons. The molecule has 0 bridgehead atoms. The van der Waals surface area contributed by atoms with Gasteiger partial charge in [-0.15, -0.1) is 0 Å². The SMILES string of the molecule is O=COC(Oc1ccccc1)c1ccccc1. The van der Waals surface area contributed by atoms with Crippen molar-refractivity contribution in [3.8, 4) is 5.75 Å². The number of benzene rings is 2. The molecule has 0 heterocycles. The van der Waals surface area contributed by atoms with Crippen LogP contribution in [-0.4, -0.2) is 6.47 Å². The van der Waals surface area contributed by atoms with Crippen molar-refractivity contribution in [2.45, 2.75) is 6.29 Å². The summed E-state index contributed by atoms with van der Waals surface area (Å²) in [6, 6.07) is 18.5. The second-order valence-electron chi connectivity index (χ2n) is 3.41. The fourth-order valence-electron chi connectivity index (χ4n) is 1.46. The molecule has 0 amide bonds. The number of carbonyl (C=O) groups excluding carboxylic acids is 1. The molecule has 3 nitrogen and oxygen atoms in total. The second kappa shape index (κ2) is 5.70. The lowest BCUT2D eigenvalue weighted by molar-refractivity contribution is -0.148. The van der Waals surface area contributed by atoms with Crippen LogP contribution in [0.2, 0.25) is 0 Å². The molecule has 0 radical (unpaired) electrons. The molecular weight excluding hydrogens is 216 g/mol. The Kier molecular flexibility index (Phi) is 3.76. The van der Waals surface area contributed by atoms with Gasteiger partial charge in [0, 0.05) is 5.56 Å². The molecule has 0 aliphatic heterocycles. The van der Waals surface area contributed by atoms with Crippen molar-refractivity contribution in [3.63, 3.8) is 0 Å². The van der Waals surface area contributed by atoms with Gasteiger partial charge in [-0.25, -0.2) is 0 Å². The highest BCUT2D eigenvalue weighted by Gasteiger charge is 2.13. The third kappa shape index (κ3) is 3.08. The predicted octanol–water partition coefficient (Wildman–Crippen LogP) is 2.94. The summed E-state index contributed by atoms with van der Waals surface area (Å²) in [6.07, 6.45) is -0.712. The maximum absolute atomic E-state index is 10.5. The van der Waals surface area contributed by atoms with Crippen LogP contribution in [0.4, 0.5) is 0 Å². The first-order chi connectivity index (χ1) is 8.40. The van der Waals surface area contributed by atoms with Crippen molar-refractivity contribution < 1.29 is 14.3 Å². The highest BCUT2D eigenvalue weighted by atomic mass is 16.7. The lowest BCUT2D eigenvalue weighted by Gasteiger charge is -2.17. The van der Waals surface area contributed by atoms with Crippen LogP contribution < -0.4 is 4.74 Å². The topological polar surface area (TPSA) is 35.5 Å². The molecule has 0 fully saturated rings. The Morgan fingerprint density at radius 2 is 1.47 bits per heavy atom. The molecule has 3 heteroatoms. The number of ether oxygens (including phenoxy) is 2. The fourth-order valence-corrected chi connectivity index (χ4v) is 1.46. The third-order valence-corrected chi connectivity index (χ3v) is 2.24. The van der Waals surface area contributed by atoms with Crippen LogP contribution in [0.5, 0.6) is 5.75 Å². The van der Waals surface area contributed by atoms with E-state index in [1.807, 2.05) is 60.7 Å². The quantitative estimate of drug-likeness (QED) is 0.583. The normalized spacial score (nSPS) is 11.5. The van der Waals surface area contributed by atoms with Gasteiger partial charge < -0.3 is 9.47 Å². The molecule has 2 aromatic carbocycles. The zero-order chi connectivity index (χ0) is 11.9. The minimum absolute atomic E-state index is 0.389. The van der Waals surface area contributed by atoms with E-state index >= 15 is 0 Å². The van der Waals surface area contributed by atoms with Gasteiger partial charge in [-0.2, -0.15) is 0 Å². The first kappa shape index (κ1) is 11.2. The molecule has 0 spiro atoms. The van der Waals surface area contributed by atoms with Crippen molar-refractivity contribution in [2.24, 2.45) is 0 Å². The van der Waals surface area contributed by atoms with E-state index in [0.29, 0.717) is 12.2 Å². The predicted molar refractivity (Wildman–Crippen MR) is 63.4 cm³/mol. The first-order valence-corrected chi connectivity index (χ1v) is 5.26. The molecule has 1 atom stereocenters. The first-order valence-electron chi connectivity index (χ1n) is 5.26. The molecular formula is C14H12O3. The van der Waals surface area contributed by atoms with E-state index < -0.39 is 6.29 Å². The molecule has 0 aliphatic carbocycles. The minimum Gasteiger partial charge on any atom is -0.450 e. The number of rotatable bonds is 5. The molecule has 0 aliphatic rings. The summed E-state index contributed by atoms with van der Waals surface area (Å²) >= 11 is 0. The van der Waals surface area contributed by atoms with Gasteiger partial charge in [0.05, 0.1) is 0 Å². The maximum atomic E-state index is 10.5. The lowest BCUT2D eigenvalue weighted by Crippen LogP contribution is -2.10. The monoisotopic (exact) mass is 228 g/mol. The van der Waals surface area contributed by atoms with Gasteiger partial charge in [0.2, 0.25) is 0 Å². The van der Waals surface area contributed by atoms with Crippen LogP contribution in [0.25, 0.3) is 0 Å². The molecule has 0 N–H and O–H groups in total. The van der Waals surface area contributed by atoms with Gasteiger partial charge in [0.25, 0.3) is 12.8 Å². The molecule has 1 unspecified atom stereocenters. The van der Waals surface area contributed by atoms with Gasteiger partial charge in [0.1, 0.15) is 5.75 Å². The molecule has 0 saturated carbocycles. The van der Waals surface area contributed by atoms with Crippen molar-refractivity contribution >= 4 is 6.47 Å². The average Bonchev–Trinajstić information content (AvgIpc) is 2.40. The molecule has 0 aromatic heterocycles. The summed E-state index contributed by atoms with van der Waals surface area (Å²) in [6.45, 7) is 0.389.